The molecule has 0 aliphatic rings. The van der Waals surface area contributed by atoms with E-state index in [1.165, 1.54) is 5.56 Å². The van der Waals surface area contributed by atoms with Crippen molar-refractivity contribution in [3.63, 3.8) is 0 Å². The van der Waals surface area contributed by atoms with Gasteiger partial charge in [-0.05, 0) is 36.5 Å². The third-order valence-corrected chi connectivity index (χ3v) is 5.11. The SMILES string of the molecule is CCCCOP(=O)(COc1ccc(C(C)C)cc1)OCCCC. The zero-order valence-electron chi connectivity index (χ0n) is 14.9. The minimum atomic E-state index is -3.20. The molecule has 5 heteroatoms. The van der Waals surface area contributed by atoms with Crippen molar-refractivity contribution in [2.24, 2.45) is 0 Å². The maximum Gasteiger partial charge on any atom is 0.367 e. The summed E-state index contributed by atoms with van der Waals surface area (Å²) in [7, 11) is -3.20. The highest BCUT2D eigenvalue weighted by Gasteiger charge is 2.25. The van der Waals surface area contributed by atoms with Gasteiger partial charge in [-0.15, -0.1) is 0 Å². The summed E-state index contributed by atoms with van der Waals surface area (Å²) in [6.07, 6.45) is 3.68. The minimum absolute atomic E-state index is 0.0402. The fraction of sp³-hybridized carbons (Fsp3) is 0.667. The molecule has 0 N–H and O–H groups in total. The molecule has 0 saturated heterocycles. The Hall–Kier alpha value is -0.830. The van der Waals surface area contributed by atoms with E-state index in [9.17, 15) is 4.57 Å². The molecule has 0 aliphatic heterocycles. The number of hydrogen-bond donors (Lipinski definition) is 0. The molecule has 1 aromatic carbocycles. The Kier molecular flexibility index (Phi) is 9.54. The standard InChI is InChI=1S/C18H31O4P/c1-5-7-13-21-23(19,22-14-8-6-2)15-20-18-11-9-17(10-12-18)16(3)4/h9-12,16H,5-8,13-15H2,1-4H3. The first-order valence-corrected chi connectivity index (χ1v) is 10.3. The number of unbranched alkanes of at least 4 members (excludes halogenated alkanes) is 2. The van der Waals surface area contributed by atoms with Gasteiger partial charge in [0.1, 0.15) is 5.75 Å². The third kappa shape index (κ3) is 8.01. The molecule has 1 aromatic rings. The summed E-state index contributed by atoms with van der Waals surface area (Å²) in [5.41, 5.74) is 1.25. The molecular formula is C18H31O4P. The van der Waals surface area contributed by atoms with Crippen LogP contribution in [0.4, 0.5) is 0 Å². The van der Waals surface area contributed by atoms with E-state index in [-0.39, 0.29) is 6.35 Å². The summed E-state index contributed by atoms with van der Waals surface area (Å²) in [5, 5.41) is 0. The lowest BCUT2D eigenvalue weighted by atomic mass is 10.0. The van der Waals surface area contributed by atoms with Crippen LogP contribution in [0.25, 0.3) is 0 Å². The number of rotatable bonds is 12. The Balaban J connectivity index is 2.59. The first-order valence-electron chi connectivity index (χ1n) is 8.61. The van der Waals surface area contributed by atoms with Crippen LogP contribution in [0.2, 0.25) is 0 Å². The molecule has 0 heterocycles. The molecule has 0 atom stereocenters. The highest BCUT2D eigenvalue weighted by Crippen LogP contribution is 2.48. The molecule has 0 spiro atoms. The number of hydrogen-bond acceptors (Lipinski definition) is 4. The van der Waals surface area contributed by atoms with Crippen molar-refractivity contribution in [3.8, 4) is 5.75 Å². The molecule has 0 unspecified atom stereocenters. The Morgan fingerprint density at radius 3 is 1.91 bits per heavy atom. The Labute approximate surface area is 141 Å². The third-order valence-electron chi connectivity index (χ3n) is 3.51. The van der Waals surface area contributed by atoms with E-state index in [1.807, 2.05) is 24.3 Å². The van der Waals surface area contributed by atoms with Gasteiger partial charge in [0.25, 0.3) is 0 Å². The van der Waals surface area contributed by atoms with Crippen LogP contribution in [0.1, 0.15) is 64.9 Å². The molecule has 132 valence electrons. The van der Waals surface area contributed by atoms with Crippen LogP contribution in [0.5, 0.6) is 5.75 Å². The summed E-state index contributed by atoms with van der Waals surface area (Å²) in [4.78, 5) is 0. The topological polar surface area (TPSA) is 44.8 Å². The van der Waals surface area contributed by atoms with E-state index in [1.54, 1.807) is 0 Å². The Morgan fingerprint density at radius 1 is 0.957 bits per heavy atom. The van der Waals surface area contributed by atoms with Crippen molar-refractivity contribution < 1.29 is 18.3 Å². The number of ether oxygens (including phenoxy) is 1. The molecule has 0 radical (unpaired) electrons. The van der Waals surface area contributed by atoms with Gasteiger partial charge in [0.15, 0.2) is 6.35 Å². The average Bonchev–Trinajstić information content (AvgIpc) is 2.54. The first kappa shape index (κ1) is 20.2. The van der Waals surface area contributed by atoms with Crippen LogP contribution < -0.4 is 4.74 Å². The fourth-order valence-electron chi connectivity index (χ4n) is 1.91. The molecule has 0 saturated carbocycles. The van der Waals surface area contributed by atoms with Crippen molar-refractivity contribution in [2.75, 3.05) is 19.6 Å². The lowest BCUT2D eigenvalue weighted by Crippen LogP contribution is -2.07. The summed E-state index contributed by atoms with van der Waals surface area (Å²) in [6.45, 7) is 9.31. The summed E-state index contributed by atoms with van der Waals surface area (Å²) >= 11 is 0. The van der Waals surface area contributed by atoms with E-state index in [0.717, 1.165) is 25.7 Å². The molecule has 0 aromatic heterocycles. The van der Waals surface area contributed by atoms with Crippen molar-refractivity contribution in [1.82, 2.24) is 0 Å². The zero-order chi connectivity index (χ0) is 17.1. The van der Waals surface area contributed by atoms with Crippen molar-refractivity contribution in [2.45, 2.75) is 59.3 Å². The van der Waals surface area contributed by atoms with E-state index in [0.29, 0.717) is 24.9 Å². The van der Waals surface area contributed by atoms with Gasteiger partial charge >= 0.3 is 7.60 Å². The van der Waals surface area contributed by atoms with Gasteiger partial charge in [-0.1, -0.05) is 52.7 Å². The van der Waals surface area contributed by atoms with Gasteiger partial charge in [0.2, 0.25) is 0 Å². The predicted octanol–water partition coefficient (Wildman–Crippen LogP) is 5.97. The summed E-state index contributed by atoms with van der Waals surface area (Å²) in [5.74, 6) is 1.16. The maximum atomic E-state index is 12.7. The molecule has 0 aliphatic carbocycles. The largest absolute Gasteiger partial charge is 0.481 e. The zero-order valence-corrected chi connectivity index (χ0v) is 15.8. The normalized spacial score (nSPS) is 11.9. The van der Waals surface area contributed by atoms with Crippen LogP contribution >= 0.6 is 7.60 Å². The van der Waals surface area contributed by atoms with Crippen LogP contribution in [0, 0.1) is 0 Å². The van der Waals surface area contributed by atoms with E-state index >= 15 is 0 Å². The van der Waals surface area contributed by atoms with Crippen LogP contribution in [0.3, 0.4) is 0 Å². The van der Waals surface area contributed by atoms with Gasteiger partial charge < -0.3 is 13.8 Å². The molecule has 0 amide bonds. The minimum Gasteiger partial charge on any atom is -0.481 e. The van der Waals surface area contributed by atoms with Gasteiger partial charge in [-0.25, -0.2) is 0 Å². The molecule has 1 rings (SSSR count). The van der Waals surface area contributed by atoms with E-state index in [2.05, 4.69) is 27.7 Å². The molecule has 23 heavy (non-hydrogen) atoms. The van der Waals surface area contributed by atoms with Crippen LogP contribution in [-0.4, -0.2) is 19.6 Å². The molecular weight excluding hydrogens is 311 g/mol. The fourth-order valence-corrected chi connectivity index (χ4v) is 3.26. The van der Waals surface area contributed by atoms with Gasteiger partial charge in [0, 0.05) is 0 Å². The van der Waals surface area contributed by atoms with E-state index < -0.39 is 7.60 Å². The number of benzene rings is 1. The lowest BCUT2D eigenvalue weighted by Gasteiger charge is -2.19. The van der Waals surface area contributed by atoms with Gasteiger partial charge in [0.05, 0.1) is 13.2 Å². The highest BCUT2D eigenvalue weighted by molar-refractivity contribution is 7.53. The Bertz CT molecular complexity index is 456. The van der Waals surface area contributed by atoms with Gasteiger partial charge in [-0.2, -0.15) is 0 Å². The monoisotopic (exact) mass is 342 g/mol. The highest BCUT2D eigenvalue weighted by atomic mass is 31.2. The first-order chi connectivity index (χ1) is 11.0. The summed E-state index contributed by atoms with van der Waals surface area (Å²) < 4.78 is 29.4. The quantitative estimate of drug-likeness (QED) is 0.346. The van der Waals surface area contributed by atoms with Crippen LogP contribution in [0.15, 0.2) is 24.3 Å². The van der Waals surface area contributed by atoms with Crippen LogP contribution in [-0.2, 0) is 13.6 Å². The molecule has 0 bridgehead atoms. The van der Waals surface area contributed by atoms with Crippen molar-refractivity contribution in [1.29, 1.82) is 0 Å². The molecule has 4 nitrogen and oxygen atoms in total. The van der Waals surface area contributed by atoms with Gasteiger partial charge in [-0.3, -0.25) is 4.57 Å². The smallest absolute Gasteiger partial charge is 0.367 e. The second kappa shape index (κ2) is 10.9. The van der Waals surface area contributed by atoms with Crippen molar-refractivity contribution in [3.05, 3.63) is 29.8 Å². The average molecular weight is 342 g/mol. The predicted molar refractivity (Wildman–Crippen MR) is 95.4 cm³/mol. The summed E-state index contributed by atoms with van der Waals surface area (Å²) in [6, 6.07) is 7.86. The van der Waals surface area contributed by atoms with E-state index in [4.69, 9.17) is 13.8 Å². The maximum absolute atomic E-state index is 12.7. The second-order valence-electron chi connectivity index (χ2n) is 5.98. The molecule has 0 fully saturated rings. The lowest BCUT2D eigenvalue weighted by molar-refractivity contribution is 0.180. The van der Waals surface area contributed by atoms with Crippen molar-refractivity contribution >= 4 is 7.60 Å². The Morgan fingerprint density at radius 2 is 1.48 bits per heavy atom. The second-order valence-corrected chi connectivity index (χ2v) is 7.98.